The zero-order valence-corrected chi connectivity index (χ0v) is 12.7. The van der Waals surface area contributed by atoms with Gasteiger partial charge in [-0.3, -0.25) is 14.9 Å². The van der Waals surface area contributed by atoms with E-state index in [1.165, 1.54) is 11.8 Å². The minimum Gasteiger partial charge on any atom is -0.455 e. The van der Waals surface area contributed by atoms with Crippen LogP contribution in [0, 0.1) is 0 Å². The lowest BCUT2D eigenvalue weighted by molar-refractivity contribution is -0.147. The number of thioether (sulfide) groups is 1. The number of carbonyl (C=O) groups excluding carboxylic acids is 3. The summed E-state index contributed by atoms with van der Waals surface area (Å²) in [6, 6.07) is 8.80. The normalized spacial score (nSPS) is 11.3. The van der Waals surface area contributed by atoms with Gasteiger partial charge in [-0.05, 0) is 26.0 Å². The second-order valence-electron chi connectivity index (χ2n) is 4.09. The summed E-state index contributed by atoms with van der Waals surface area (Å²) in [6.45, 7) is 3.35. The number of amides is 3. The van der Waals surface area contributed by atoms with Crippen LogP contribution in [0.15, 0.2) is 35.2 Å². The third-order valence-corrected chi connectivity index (χ3v) is 3.41. The Bertz CT molecular complexity index is 493. The molecule has 0 saturated carbocycles. The van der Waals surface area contributed by atoms with Crippen LogP contribution in [0.1, 0.15) is 13.8 Å². The maximum absolute atomic E-state index is 11.7. The van der Waals surface area contributed by atoms with Crippen LogP contribution in [0.5, 0.6) is 0 Å². The van der Waals surface area contributed by atoms with Crippen LogP contribution in [0.3, 0.4) is 0 Å². The molecule has 7 heteroatoms. The quantitative estimate of drug-likeness (QED) is 0.615. The number of rotatable bonds is 6. The monoisotopic (exact) mass is 310 g/mol. The Balaban J connectivity index is 2.32. The Labute approximate surface area is 127 Å². The first kappa shape index (κ1) is 17.0. The molecule has 3 amide bonds. The van der Waals surface area contributed by atoms with Crippen LogP contribution in [0.25, 0.3) is 0 Å². The number of urea groups is 1. The predicted molar refractivity (Wildman–Crippen MR) is 79.9 cm³/mol. The summed E-state index contributed by atoms with van der Waals surface area (Å²) in [6.07, 6.45) is 0. The molecule has 0 aliphatic rings. The number of nitrogens with one attached hydrogen (secondary N) is 2. The molecule has 1 aromatic carbocycles. The van der Waals surface area contributed by atoms with Crippen LogP contribution < -0.4 is 10.6 Å². The summed E-state index contributed by atoms with van der Waals surface area (Å²) < 4.78 is 4.87. The van der Waals surface area contributed by atoms with Crippen molar-refractivity contribution in [1.29, 1.82) is 0 Å². The molecule has 0 spiro atoms. The zero-order chi connectivity index (χ0) is 15.7. The first-order valence-corrected chi connectivity index (χ1v) is 7.37. The Morgan fingerprint density at radius 3 is 2.52 bits per heavy atom. The van der Waals surface area contributed by atoms with Crippen molar-refractivity contribution in [2.75, 3.05) is 13.2 Å². The van der Waals surface area contributed by atoms with Gasteiger partial charge in [0.05, 0.1) is 0 Å². The van der Waals surface area contributed by atoms with Gasteiger partial charge in [-0.15, -0.1) is 11.8 Å². The molecular formula is C14H18N2O4S. The number of esters is 1. The highest BCUT2D eigenvalue weighted by molar-refractivity contribution is 8.00. The van der Waals surface area contributed by atoms with E-state index in [1.807, 2.05) is 30.3 Å². The highest BCUT2D eigenvalue weighted by Crippen LogP contribution is 2.23. The van der Waals surface area contributed by atoms with Crippen LogP contribution in [-0.2, 0) is 14.3 Å². The largest absolute Gasteiger partial charge is 0.455 e. The van der Waals surface area contributed by atoms with Crippen LogP contribution >= 0.6 is 11.8 Å². The van der Waals surface area contributed by atoms with Crippen molar-refractivity contribution in [2.45, 2.75) is 24.0 Å². The maximum atomic E-state index is 11.7. The van der Waals surface area contributed by atoms with Gasteiger partial charge in [0.2, 0.25) is 0 Å². The van der Waals surface area contributed by atoms with Crippen molar-refractivity contribution in [3.05, 3.63) is 30.3 Å². The second kappa shape index (κ2) is 9.02. The summed E-state index contributed by atoms with van der Waals surface area (Å²) in [5, 5.41) is 4.02. The van der Waals surface area contributed by atoms with Gasteiger partial charge in [-0.2, -0.15) is 0 Å². The molecule has 6 nitrogen and oxygen atoms in total. The number of benzene rings is 1. The van der Waals surface area contributed by atoms with E-state index in [-0.39, 0.29) is 0 Å². The molecule has 114 valence electrons. The summed E-state index contributed by atoms with van der Waals surface area (Å²) in [5.74, 6) is -1.17. The molecule has 0 bridgehead atoms. The van der Waals surface area contributed by atoms with E-state index in [9.17, 15) is 14.4 Å². The second-order valence-corrected chi connectivity index (χ2v) is 5.50. The lowest BCUT2D eigenvalue weighted by atomic mass is 10.4. The highest BCUT2D eigenvalue weighted by Gasteiger charge is 2.17. The van der Waals surface area contributed by atoms with Gasteiger partial charge < -0.3 is 10.1 Å². The van der Waals surface area contributed by atoms with E-state index in [1.54, 1.807) is 13.8 Å². The zero-order valence-electron chi connectivity index (χ0n) is 11.9. The average molecular weight is 310 g/mol. The van der Waals surface area contributed by atoms with Gasteiger partial charge in [-0.1, -0.05) is 18.2 Å². The highest BCUT2D eigenvalue weighted by atomic mass is 32.2. The lowest BCUT2D eigenvalue weighted by Gasteiger charge is -2.11. The minimum absolute atomic E-state index is 0.406. The van der Waals surface area contributed by atoms with E-state index in [4.69, 9.17) is 4.74 Å². The van der Waals surface area contributed by atoms with Gasteiger partial charge in [0, 0.05) is 11.4 Å². The van der Waals surface area contributed by atoms with Crippen molar-refractivity contribution in [2.24, 2.45) is 0 Å². The first-order chi connectivity index (χ1) is 10.0. The van der Waals surface area contributed by atoms with E-state index in [0.29, 0.717) is 6.54 Å². The molecule has 21 heavy (non-hydrogen) atoms. The maximum Gasteiger partial charge on any atom is 0.321 e. The van der Waals surface area contributed by atoms with Crippen LogP contribution in [0.2, 0.25) is 0 Å². The van der Waals surface area contributed by atoms with Crippen molar-refractivity contribution < 1.29 is 19.1 Å². The van der Waals surface area contributed by atoms with E-state index in [0.717, 1.165) is 4.90 Å². The van der Waals surface area contributed by atoms with E-state index in [2.05, 4.69) is 10.6 Å². The summed E-state index contributed by atoms with van der Waals surface area (Å²) in [7, 11) is 0. The Kier molecular flexibility index (Phi) is 7.31. The van der Waals surface area contributed by atoms with Gasteiger partial charge in [0.1, 0.15) is 5.25 Å². The SMILES string of the molecule is CCNC(=O)NC(=O)COC(=O)[C@H](C)Sc1ccccc1. The molecule has 0 aliphatic carbocycles. The molecule has 0 aliphatic heterocycles. The number of carbonyl (C=O) groups is 3. The number of imide groups is 1. The Morgan fingerprint density at radius 1 is 1.24 bits per heavy atom. The molecule has 0 aromatic heterocycles. The van der Waals surface area contributed by atoms with E-state index < -0.39 is 29.8 Å². The topological polar surface area (TPSA) is 84.5 Å². The van der Waals surface area contributed by atoms with Crippen molar-refractivity contribution in [3.8, 4) is 0 Å². The van der Waals surface area contributed by atoms with Crippen molar-refractivity contribution in [1.82, 2.24) is 10.6 Å². The van der Waals surface area contributed by atoms with E-state index >= 15 is 0 Å². The van der Waals surface area contributed by atoms with Gasteiger partial charge >= 0.3 is 12.0 Å². The number of hydrogen-bond donors (Lipinski definition) is 2. The molecule has 0 saturated heterocycles. The number of hydrogen-bond acceptors (Lipinski definition) is 5. The molecule has 0 unspecified atom stereocenters. The van der Waals surface area contributed by atoms with Crippen LogP contribution in [-0.4, -0.2) is 36.3 Å². The summed E-state index contributed by atoms with van der Waals surface area (Å²) >= 11 is 1.34. The number of ether oxygens (including phenoxy) is 1. The smallest absolute Gasteiger partial charge is 0.321 e. The van der Waals surface area contributed by atoms with Crippen molar-refractivity contribution in [3.63, 3.8) is 0 Å². The predicted octanol–water partition coefficient (Wildman–Crippen LogP) is 1.56. The third kappa shape index (κ3) is 6.80. The first-order valence-electron chi connectivity index (χ1n) is 6.49. The average Bonchev–Trinajstić information content (AvgIpc) is 2.46. The molecular weight excluding hydrogens is 292 g/mol. The standard InChI is InChI=1S/C14H18N2O4S/c1-3-15-14(19)16-12(17)9-20-13(18)10(2)21-11-7-5-4-6-8-11/h4-8,10H,3,9H2,1-2H3,(H2,15,16,17,19)/t10-/m0/s1. The minimum atomic E-state index is -0.661. The van der Waals surface area contributed by atoms with Gasteiger partial charge in [0.25, 0.3) is 5.91 Å². The molecule has 1 atom stereocenters. The summed E-state index contributed by atoms with van der Waals surface area (Å²) in [4.78, 5) is 35.1. The Morgan fingerprint density at radius 2 is 1.90 bits per heavy atom. The van der Waals surface area contributed by atoms with Gasteiger partial charge in [0.15, 0.2) is 6.61 Å². The van der Waals surface area contributed by atoms with Gasteiger partial charge in [-0.25, -0.2) is 4.79 Å². The fourth-order valence-corrected chi connectivity index (χ4v) is 2.26. The Hall–Kier alpha value is -2.02. The molecule has 0 fully saturated rings. The lowest BCUT2D eigenvalue weighted by Crippen LogP contribution is -2.41. The third-order valence-electron chi connectivity index (χ3n) is 2.32. The molecule has 2 N–H and O–H groups in total. The van der Waals surface area contributed by atoms with Crippen LogP contribution in [0.4, 0.5) is 4.79 Å². The van der Waals surface area contributed by atoms with Crippen molar-refractivity contribution >= 4 is 29.7 Å². The fourth-order valence-electron chi connectivity index (χ4n) is 1.37. The fraction of sp³-hybridized carbons (Fsp3) is 0.357. The molecule has 1 rings (SSSR count). The molecule has 1 aromatic rings. The molecule has 0 radical (unpaired) electrons. The summed E-state index contributed by atoms with van der Waals surface area (Å²) in [5.41, 5.74) is 0. The molecule has 0 heterocycles.